The molecule has 0 aliphatic carbocycles. The standard InChI is InChI=1S/C24H19N3/c25-17-16-22-23(20-12-6-2-7-13-20)24(21-14-8-3-9-15-21)26-27(22)18-19-10-4-1-5-11-19/h1-15H,16,18H2. The van der Waals surface area contributed by atoms with E-state index in [2.05, 4.69) is 42.5 Å². The van der Waals surface area contributed by atoms with Gasteiger partial charge in [0.05, 0.1) is 24.7 Å². The molecule has 0 aliphatic rings. The van der Waals surface area contributed by atoms with Crippen molar-refractivity contribution in [2.45, 2.75) is 13.0 Å². The van der Waals surface area contributed by atoms with Crippen LogP contribution in [0.15, 0.2) is 91.0 Å². The molecule has 4 rings (SSSR count). The predicted molar refractivity (Wildman–Crippen MR) is 108 cm³/mol. The molecule has 0 saturated heterocycles. The van der Waals surface area contributed by atoms with Gasteiger partial charge in [-0.15, -0.1) is 0 Å². The van der Waals surface area contributed by atoms with Crippen LogP contribution in [0.2, 0.25) is 0 Å². The van der Waals surface area contributed by atoms with Gasteiger partial charge in [0.15, 0.2) is 0 Å². The average Bonchev–Trinajstić information content (AvgIpc) is 3.08. The zero-order valence-corrected chi connectivity index (χ0v) is 14.9. The van der Waals surface area contributed by atoms with Crippen LogP contribution in [0, 0.1) is 11.3 Å². The van der Waals surface area contributed by atoms with E-state index in [1.807, 2.05) is 59.3 Å². The van der Waals surface area contributed by atoms with Gasteiger partial charge in [0.25, 0.3) is 0 Å². The van der Waals surface area contributed by atoms with Crippen LogP contribution in [-0.2, 0) is 13.0 Å². The van der Waals surface area contributed by atoms with Gasteiger partial charge in [-0.05, 0) is 11.1 Å². The lowest BCUT2D eigenvalue weighted by Crippen LogP contribution is -2.06. The molecular weight excluding hydrogens is 330 g/mol. The summed E-state index contributed by atoms with van der Waals surface area (Å²) in [5, 5.41) is 14.4. The van der Waals surface area contributed by atoms with Gasteiger partial charge in [-0.3, -0.25) is 4.68 Å². The Kier molecular flexibility index (Phi) is 4.80. The maximum atomic E-state index is 9.47. The first-order valence-corrected chi connectivity index (χ1v) is 8.98. The van der Waals surface area contributed by atoms with Crippen molar-refractivity contribution >= 4 is 0 Å². The first kappa shape index (κ1) is 16.8. The van der Waals surface area contributed by atoms with Crippen molar-refractivity contribution in [1.29, 1.82) is 5.26 Å². The molecule has 0 spiro atoms. The minimum atomic E-state index is 0.316. The van der Waals surface area contributed by atoms with Crippen molar-refractivity contribution in [3.05, 3.63) is 102 Å². The molecule has 3 nitrogen and oxygen atoms in total. The van der Waals surface area contributed by atoms with Crippen LogP contribution in [0.25, 0.3) is 22.4 Å². The van der Waals surface area contributed by atoms with Crippen LogP contribution < -0.4 is 0 Å². The number of nitriles is 1. The number of aromatic nitrogens is 2. The van der Waals surface area contributed by atoms with Crippen LogP contribution in [-0.4, -0.2) is 9.78 Å². The van der Waals surface area contributed by atoms with Gasteiger partial charge in [-0.2, -0.15) is 10.4 Å². The Morgan fingerprint density at radius 3 is 1.89 bits per heavy atom. The molecule has 0 amide bonds. The normalized spacial score (nSPS) is 10.5. The van der Waals surface area contributed by atoms with Crippen molar-refractivity contribution in [1.82, 2.24) is 9.78 Å². The number of hydrogen-bond donors (Lipinski definition) is 0. The maximum absolute atomic E-state index is 9.47. The Hall–Kier alpha value is -3.64. The van der Waals surface area contributed by atoms with Crippen molar-refractivity contribution in [3.63, 3.8) is 0 Å². The van der Waals surface area contributed by atoms with E-state index in [9.17, 15) is 5.26 Å². The third-order valence-corrected chi connectivity index (χ3v) is 4.59. The van der Waals surface area contributed by atoms with E-state index >= 15 is 0 Å². The van der Waals surface area contributed by atoms with Crippen LogP contribution in [0.4, 0.5) is 0 Å². The Morgan fingerprint density at radius 2 is 1.30 bits per heavy atom. The van der Waals surface area contributed by atoms with Gasteiger partial charge in [-0.1, -0.05) is 91.0 Å². The average molecular weight is 349 g/mol. The van der Waals surface area contributed by atoms with Crippen molar-refractivity contribution in [3.8, 4) is 28.5 Å². The summed E-state index contributed by atoms with van der Waals surface area (Å²) in [5.74, 6) is 0. The zero-order valence-electron chi connectivity index (χ0n) is 14.9. The van der Waals surface area contributed by atoms with E-state index in [-0.39, 0.29) is 0 Å². The molecule has 27 heavy (non-hydrogen) atoms. The van der Waals surface area contributed by atoms with Crippen molar-refractivity contribution in [2.24, 2.45) is 0 Å². The Morgan fingerprint density at radius 1 is 0.741 bits per heavy atom. The summed E-state index contributed by atoms with van der Waals surface area (Å²) in [6.45, 7) is 0.643. The molecule has 0 radical (unpaired) electrons. The lowest BCUT2D eigenvalue weighted by atomic mass is 9.98. The molecular formula is C24H19N3. The van der Waals surface area contributed by atoms with E-state index in [0.29, 0.717) is 13.0 Å². The fourth-order valence-electron chi connectivity index (χ4n) is 3.34. The van der Waals surface area contributed by atoms with E-state index in [0.717, 1.165) is 28.1 Å². The second-order valence-corrected chi connectivity index (χ2v) is 6.38. The largest absolute Gasteiger partial charge is 0.263 e. The Balaban J connectivity index is 1.92. The molecule has 3 aromatic carbocycles. The van der Waals surface area contributed by atoms with Crippen molar-refractivity contribution < 1.29 is 0 Å². The SMILES string of the molecule is N#CCc1c(-c2ccccc2)c(-c2ccccc2)nn1Cc1ccccc1. The summed E-state index contributed by atoms with van der Waals surface area (Å²) < 4.78 is 1.98. The molecule has 3 heteroatoms. The quantitative estimate of drug-likeness (QED) is 0.488. The summed E-state index contributed by atoms with van der Waals surface area (Å²) in [7, 11) is 0. The molecule has 0 unspecified atom stereocenters. The Labute approximate surface area is 159 Å². The second-order valence-electron chi connectivity index (χ2n) is 6.38. The van der Waals surface area contributed by atoms with Gasteiger partial charge >= 0.3 is 0 Å². The van der Waals surface area contributed by atoms with Gasteiger partial charge in [-0.25, -0.2) is 0 Å². The van der Waals surface area contributed by atoms with E-state index in [4.69, 9.17) is 5.10 Å². The molecule has 0 aliphatic heterocycles. The fourth-order valence-corrected chi connectivity index (χ4v) is 3.34. The summed E-state index contributed by atoms with van der Waals surface area (Å²) in [6, 6.07) is 32.9. The molecule has 1 aromatic heterocycles. The van der Waals surface area contributed by atoms with E-state index < -0.39 is 0 Å². The molecule has 130 valence electrons. The first-order valence-electron chi connectivity index (χ1n) is 8.98. The highest BCUT2D eigenvalue weighted by Gasteiger charge is 2.20. The summed E-state index contributed by atoms with van der Waals surface area (Å²) in [5.41, 5.74) is 6.22. The molecule has 0 N–H and O–H groups in total. The lowest BCUT2D eigenvalue weighted by molar-refractivity contribution is 0.659. The number of hydrogen-bond acceptors (Lipinski definition) is 2. The van der Waals surface area contributed by atoms with Gasteiger partial charge in [0.2, 0.25) is 0 Å². The maximum Gasteiger partial charge on any atom is 0.100 e. The van der Waals surface area contributed by atoms with Crippen LogP contribution in [0.5, 0.6) is 0 Å². The highest BCUT2D eigenvalue weighted by molar-refractivity contribution is 5.83. The highest BCUT2D eigenvalue weighted by atomic mass is 15.3. The third kappa shape index (κ3) is 3.51. The highest BCUT2D eigenvalue weighted by Crippen LogP contribution is 2.35. The van der Waals surface area contributed by atoms with Gasteiger partial charge in [0, 0.05) is 11.1 Å². The fraction of sp³-hybridized carbons (Fsp3) is 0.0833. The van der Waals surface area contributed by atoms with Crippen LogP contribution >= 0.6 is 0 Å². The molecule has 4 aromatic rings. The van der Waals surface area contributed by atoms with E-state index in [1.54, 1.807) is 0 Å². The summed E-state index contributed by atoms with van der Waals surface area (Å²) in [4.78, 5) is 0. The molecule has 1 heterocycles. The second kappa shape index (κ2) is 7.72. The minimum Gasteiger partial charge on any atom is -0.263 e. The third-order valence-electron chi connectivity index (χ3n) is 4.59. The summed E-state index contributed by atoms with van der Waals surface area (Å²) in [6.07, 6.45) is 0.316. The molecule has 0 saturated carbocycles. The monoisotopic (exact) mass is 349 g/mol. The lowest BCUT2D eigenvalue weighted by Gasteiger charge is -2.08. The first-order chi connectivity index (χ1) is 13.4. The Bertz CT molecular complexity index is 1060. The number of rotatable bonds is 5. The van der Waals surface area contributed by atoms with Crippen LogP contribution in [0.3, 0.4) is 0 Å². The number of nitrogens with zero attached hydrogens (tertiary/aromatic N) is 3. The molecule has 0 fully saturated rings. The van der Waals surface area contributed by atoms with Crippen molar-refractivity contribution in [2.75, 3.05) is 0 Å². The molecule has 0 atom stereocenters. The predicted octanol–water partition coefficient (Wildman–Crippen LogP) is 5.33. The van der Waals surface area contributed by atoms with Crippen LogP contribution in [0.1, 0.15) is 11.3 Å². The molecule has 0 bridgehead atoms. The number of benzene rings is 3. The van der Waals surface area contributed by atoms with E-state index in [1.165, 1.54) is 5.56 Å². The van der Waals surface area contributed by atoms with Gasteiger partial charge < -0.3 is 0 Å². The van der Waals surface area contributed by atoms with Gasteiger partial charge in [0.1, 0.15) is 5.69 Å². The summed E-state index contributed by atoms with van der Waals surface area (Å²) >= 11 is 0. The minimum absolute atomic E-state index is 0.316. The zero-order chi connectivity index (χ0) is 18.5. The smallest absolute Gasteiger partial charge is 0.100 e. The topological polar surface area (TPSA) is 41.6 Å².